The van der Waals surface area contributed by atoms with Gasteiger partial charge in [-0.1, -0.05) is 0 Å². The van der Waals surface area contributed by atoms with Crippen LogP contribution in [0.4, 0.5) is 0 Å². The van der Waals surface area contributed by atoms with Crippen LogP contribution in [0.15, 0.2) is 12.3 Å². The van der Waals surface area contributed by atoms with Crippen LogP contribution in [0.5, 0.6) is 0 Å². The summed E-state index contributed by atoms with van der Waals surface area (Å²) in [5.74, 6) is 0. The molecule has 0 bridgehead atoms. The molecular weight excluding hydrogens is 190 g/mol. The molecule has 1 unspecified atom stereocenters. The van der Waals surface area contributed by atoms with E-state index in [1.807, 2.05) is 40.1 Å². The van der Waals surface area contributed by atoms with Gasteiger partial charge in [0.2, 0.25) is 0 Å². The van der Waals surface area contributed by atoms with Gasteiger partial charge in [-0.15, -0.1) is 0 Å². The van der Waals surface area contributed by atoms with Crippen molar-refractivity contribution < 1.29 is 4.74 Å². The molecule has 0 saturated heterocycles. The van der Waals surface area contributed by atoms with E-state index >= 15 is 0 Å². The minimum atomic E-state index is -0.123. The van der Waals surface area contributed by atoms with Crippen molar-refractivity contribution in [1.82, 2.24) is 9.78 Å². The zero-order valence-corrected chi connectivity index (χ0v) is 10.0. The van der Waals surface area contributed by atoms with Crippen molar-refractivity contribution >= 4 is 0 Å². The maximum Gasteiger partial charge on any atom is 0.0640 e. The van der Waals surface area contributed by atoms with E-state index in [4.69, 9.17) is 10.5 Å². The topological polar surface area (TPSA) is 53.1 Å². The van der Waals surface area contributed by atoms with Crippen molar-refractivity contribution in [2.75, 3.05) is 6.61 Å². The molecule has 0 aliphatic rings. The highest BCUT2D eigenvalue weighted by molar-refractivity contribution is 5.00. The van der Waals surface area contributed by atoms with E-state index < -0.39 is 0 Å². The average Bonchev–Trinajstić information content (AvgIpc) is 2.47. The number of hydrogen-bond donors (Lipinski definition) is 1. The van der Waals surface area contributed by atoms with E-state index in [9.17, 15) is 0 Å². The lowest BCUT2D eigenvalue weighted by molar-refractivity contribution is -0.00993. The first kappa shape index (κ1) is 12.2. The molecule has 1 aromatic heterocycles. The minimum absolute atomic E-state index is 0.0131. The minimum Gasteiger partial charge on any atom is -0.374 e. The molecule has 0 amide bonds. The Hall–Kier alpha value is -0.870. The Morgan fingerprint density at radius 1 is 1.53 bits per heavy atom. The van der Waals surface area contributed by atoms with Gasteiger partial charge in [0.1, 0.15) is 0 Å². The molecule has 4 heteroatoms. The summed E-state index contributed by atoms with van der Waals surface area (Å²) in [5.41, 5.74) is 6.84. The Bertz CT molecular complexity index is 301. The first-order valence-electron chi connectivity index (χ1n) is 5.25. The molecule has 1 rings (SSSR count). The number of rotatable bonds is 4. The highest BCUT2D eigenvalue weighted by atomic mass is 16.5. The van der Waals surface area contributed by atoms with Crippen LogP contribution >= 0.6 is 0 Å². The fourth-order valence-corrected chi connectivity index (χ4v) is 1.26. The molecule has 86 valence electrons. The van der Waals surface area contributed by atoms with Crippen LogP contribution in [-0.2, 0) is 18.2 Å². The molecule has 1 atom stereocenters. The number of nitrogens with zero attached hydrogens (tertiary/aromatic N) is 2. The van der Waals surface area contributed by atoms with Gasteiger partial charge in [0.25, 0.3) is 0 Å². The average molecular weight is 211 g/mol. The Morgan fingerprint density at radius 2 is 2.20 bits per heavy atom. The number of aromatic nitrogens is 2. The van der Waals surface area contributed by atoms with Crippen molar-refractivity contribution in [2.24, 2.45) is 12.8 Å². The van der Waals surface area contributed by atoms with Crippen molar-refractivity contribution in [3.05, 3.63) is 18.0 Å². The summed E-state index contributed by atoms with van der Waals surface area (Å²) in [6.07, 6.45) is 2.68. The molecule has 2 N–H and O–H groups in total. The van der Waals surface area contributed by atoms with Crippen LogP contribution in [0.3, 0.4) is 0 Å². The second-order valence-electron chi connectivity index (χ2n) is 4.87. The third kappa shape index (κ3) is 4.95. The summed E-state index contributed by atoms with van der Waals surface area (Å²) in [7, 11) is 1.90. The highest BCUT2D eigenvalue weighted by Gasteiger charge is 2.13. The van der Waals surface area contributed by atoms with E-state index in [-0.39, 0.29) is 11.6 Å². The predicted octanol–water partition coefficient (Wildman–Crippen LogP) is 1.10. The third-order valence-corrected chi connectivity index (χ3v) is 1.97. The Labute approximate surface area is 91.4 Å². The molecule has 0 aliphatic carbocycles. The Morgan fingerprint density at radius 3 is 2.67 bits per heavy atom. The fraction of sp³-hybridized carbons (Fsp3) is 0.727. The number of nitrogens with two attached hydrogens (primary N) is 1. The maximum atomic E-state index is 5.95. The van der Waals surface area contributed by atoms with Crippen molar-refractivity contribution in [3.8, 4) is 0 Å². The van der Waals surface area contributed by atoms with Crippen LogP contribution in [0.25, 0.3) is 0 Å². The van der Waals surface area contributed by atoms with Gasteiger partial charge in [0, 0.05) is 25.7 Å². The first-order valence-corrected chi connectivity index (χ1v) is 5.25. The van der Waals surface area contributed by atoms with Crippen molar-refractivity contribution in [1.29, 1.82) is 0 Å². The van der Waals surface area contributed by atoms with Crippen molar-refractivity contribution in [3.63, 3.8) is 0 Å². The second kappa shape index (κ2) is 4.77. The van der Waals surface area contributed by atoms with Crippen LogP contribution in [0.2, 0.25) is 0 Å². The lowest BCUT2D eigenvalue weighted by Gasteiger charge is -2.22. The fourth-order valence-electron chi connectivity index (χ4n) is 1.26. The van der Waals surface area contributed by atoms with Gasteiger partial charge >= 0.3 is 0 Å². The number of ether oxygens (including phenoxy) is 1. The van der Waals surface area contributed by atoms with Gasteiger partial charge < -0.3 is 10.5 Å². The molecule has 0 aromatic carbocycles. The summed E-state index contributed by atoms with van der Waals surface area (Å²) in [4.78, 5) is 0. The van der Waals surface area contributed by atoms with E-state index in [1.54, 1.807) is 4.68 Å². The molecule has 0 radical (unpaired) electrons. The van der Waals surface area contributed by atoms with Gasteiger partial charge in [-0.3, -0.25) is 4.68 Å². The summed E-state index contributed by atoms with van der Waals surface area (Å²) in [5, 5.41) is 4.28. The monoisotopic (exact) mass is 211 g/mol. The molecule has 4 nitrogen and oxygen atoms in total. The Kier molecular flexibility index (Phi) is 3.88. The summed E-state index contributed by atoms with van der Waals surface area (Å²) >= 11 is 0. The standard InChI is InChI=1S/C11H21N3O/c1-11(2,3)15-8-9(12)7-10-5-6-14(4)13-10/h5-6,9H,7-8,12H2,1-4H3. The lowest BCUT2D eigenvalue weighted by atomic mass is 10.1. The van der Waals surface area contributed by atoms with Gasteiger partial charge in [-0.05, 0) is 26.8 Å². The van der Waals surface area contributed by atoms with E-state index in [1.165, 1.54) is 0 Å². The maximum absolute atomic E-state index is 5.95. The largest absolute Gasteiger partial charge is 0.374 e. The molecule has 0 saturated carbocycles. The Balaban J connectivity index is 2.33. The molecular formula is C11H21N3O. The first-order chi connectivity index (χ1) is 6.87. The third-order valence-electron chi connectivity index (χ3n) is 1.97. The SMILES string of the molecule is Cn1ccc(CC(N)COC(C)(C)C)n1. The summed E-state index contributed by atoms with van der Waals surface area (Å²) in [6, 6.07) is 2.00. The van der Waals surface area contributed by atoms with Gasteiger partial charge in [-0.2, -0.15) is 5.10 Å². The smallest absolute Gasteiger partial charge is 0.0640 e. The molecule has 15 heavy (non-hydrogen) atoms. The van der Waals surface area contributed by atoms with E-state index in [0.717, 1.165) is 12.1 Å². The van der Waals surface area contributed by atoms with Crippen LogP contribution in [0.1, 0.15) is 26.5 Å². The van der Waals surface area contributed by atoms with E-state index in [0.29, 0.717) is 6.61 Å². The molecule has 1 heterocycles. The summed E-state index contributed by atoms with van der Waals surface area (Å²) < 4.78 is 7.39. The van der Waals surface area contributed by atoms with Gasteiger partial charge in [0.05, 0.1) is 17.9 Å². The van der Waals surface area contributed by atoms with Crippen LogP contribution in [-0.4, -0.2) is 28.0 Å². The van der Waals surface area contributed by atoms with Gasteiger partial charge in [0.15, 0.2) is 0 Å². The molecule has 0 aliphatic heterocycles. The normalized spacial score (nSPS) is 14.2. The molecule has 0 spiro atoms. The number of hydrogen-bond acceptors (Lipinski definition) is 3. The van der Waals surface area contributed by atoms with E-state index in [2.05, 4.69) is 5.10 Å². The van der Waals surface area contributed by atoms with Crippen molar-refractivity contribution in [2.45, 2.75) is 38.8 Å². The van der Waals surface area contributed by atoms with Crippen LogP contribution in [0, 0.1) is 0 Å². The van der Waals surface area contributed by atoms with Crippen LogP contribution < -0.4 is 5.73 Å². The predicted molar refractivity (Wildman–Crippen MR) is 60.6 cm³/mol. The quantitative estimate of drug-likeness (QED) is 0.811. The zero-order chi connectivity index (χ0) is 11.5. The zero-order valence-electron chi connectivity index (χ0n) is 10.0. The molecule has 0 fully saturated rings. The number of aryl methyl sites for hydroxylation is 1. The highest BCUT2D eigenvalue weighted by Crippen LogP contribution is 2.08. The lowest BCUT2D eigenvalue weighted by Crippen LogP contribution is -2.33. The molecule has 1 aromatic rings. The van der Waals surface area contributed by atoms with Gasteiger partial charge in [-0.25, -0.2) is 0 Å². The second-order valence-corrected chi connectivity index (χ2v) is 4.87. The summed E-state index contributed by atoms with van der Waals surface area (Å²) in [6.45, 7) is 6.65.